The molecule has 1 aromatic carbocycles. The van der Waals surface area contributed by atoms with Crippen LogP contribution in [0.4, 0.5) is 18.9 Å². The van der Waals surface area contributed by atoms with E-state index in [9.17, 15) is 18.3 Å². The highest BCUT2D eigenvalue weighted by molar-refractivity contribution is 7.80. The minimum atomic E-state index is -4.42. The van der Waals surface area contributed by atoms with Gasteiger partial charge < -0.3 is 16.2 Å². The minimum absolute atomic E-state index is 0.0700. The summed E-state index contributed by atoms with van der Waals surface area (Å²) in [5.74, 6) is 0. The van der Waals surface area contributed by atoms with Gasteiger partial charge in [0.1, 0.15) is 4.99 Å². The van der Waals surface area contributed by atoms with E-state index in [0.717, 1.165) is 25.0 Å². The van der Waals surface area contributed by atoms with Gasteiger partial charge in [-0.3, -0.25) is 0 Å². The largest absolute Gasteiger partial charge is 0.416 e. The maximum Gasteiger partial charge on any atom is 0.416 e. The van der Waals surface area contributed by atoms with Gasteiger partial charge in [0, 0.05) is 17.3 Å². The van der Waals surface area contributed by atoms with Gasteiger partial charge in [-0.05, 0) is 43.9 Å². The number of hydrogen-bond acceptors (Lipinski definition) is 3. The molecule has 0 radical (unpaired) electrons. The molecule has 1 fully saturated rings. The van der Waals surface area contributed by atoms with Crippen LogP contribution < -0.4 is 11.1 Å². The summed E-state index contributed by atoms with van der Waals surface area (Å²) in [6, 6.07) is 3.46. The van der Waals surface area contributed by atoms with E-state index in [-0.39, 0.29) is 22.7 Å². The molecular formula is C14H17F3N2OS. The average molecular weight is 318 g/mol. The first-order valence-electron chi connectivity index (χ1n) is 6.73. The molecule has 3 nitrogen and oxygen atoms in total. The molecule has 2 rings (SSSR count). The van der Waals surface area contributed by atoms with Crippen molar-refractivity contribution in [1.82, 2.24) is 0 Å². The Hall–Kier alpha value is -1.34. The minimum Gasteiger partial charge on any atom is -0.393 e. The zero-order chi connectivity index (χ0) is 15.6. The van der Waals surface area contributed by atoms with Crippen LogP contribution in [-0.4, -0.2) is 22.2 Å². The van der Waals surface area contributed by atoms with Gasteiger partial charge in [0.25, 0.3) is 0 Å². The van der Waals surface area contributed by atoms with Gasteiger partial charge in [-0.1, -0.05) is 12.2 Å². The molecule has 0 saturated heterocycles. The van der Waals surface area contributed by atoms with E-state index in [0.29, 0.717) is 18.5 Å². The Bertz CT molecular complexity index is 525. The monoisotopic (exact) mass is 318 g/mol. The standard InChI is InChI=1S/C14H17F3N2OS/c15-14(16,17)8-1-6-12(11(7-8)13(18)21)19-9-2-4-10(20)5-3-9/h1,6-7,9-10,19-20H,2-5H2,(H2,18,21). The van der Waals surface area contributed by atoms with Gasteiger partial charge >= 0.3 is 6.18 Å². The van der Waals surface area contributed by atoms with Crippen molar-refractivity contribution in [2.45, 2.75) is 44.0 Å². The van der Waals surface area contributed by atoms with Crippen molar-refractivity contribution in [2.24, 2.45) is 5.73 Å². The number of alkyl halides is 3. The molecule has 0 aliphatic heterocycles. The molecule has 0 unspecified atom stereocenters. The van der Waals surface area contributed by atoms with Gasteiger partial charge in [-0.25, -0.2) is 0 Å². The van der Waals surface area contributed by atoms with Crippen molar-refractivity contribution in [3.63, 3.8) is 0 Å². The summed E-state index contributed by atoms with van der Waals surface area (Å²) in [7, 11) is 0. The Labute approximate surface area is 126 Å². The van der Waals surface area contributed by atoms with Crippen molar-refractivity contribution in [1.29, 1.82) is 0 Å². The van der Waals surface area contributed by atoms with E-state index in [1.54, 1.807) is 0 Å². The molecule has 0 aromatic heterocycles. The Balaban J connectivity index is 2.21. The predicted molar refractivity (Wildman–Crippen MR) is 79.2 cm³/mol. The Kier molecular flexibility index (Phi) is 4.73. The second-order valence-electron chi connectivity index (χ2n) is 5.27. The molecule has 116 valence electrons. The summed E-state index contributed by atoms with van der Waals surface area (Å²) in [4.78, 5) is -0.0700. The van der Waals surface area contributed by atoms with Gasteiger partial charge in [0.2, 0.25) is 0 Å². The third kappa shape index (κ3) is 4.07. The molecule has 0 spiro atoms. The van der Waals surface area contributed by atoms with Crippen LogP contribution in [0.15, 0.2) is 18.2 Å². The number of aliphatic hydroxyl groups is 1. The third-order valence-electron chi connectivity index (χ3n) is 3.67. The zero-order valence-electron chi connectivity index (χ0n) is 11.3. The van der Waals surface area contributed by atoms with Crippen LogP contribution in [0.1, 0.15) is 36.8 Å². The lowest BCUT2D eigenvalue weighted by molar-refractivity contribution is -0.137. The average Bonchev–Trinajstić information content (AvgIpc) is 2.40. The first-order valence-corrected chi connectivity index (χ1v) is 7.14. The van der Waals surface area contributed by atoms with Crippen LogP contribution in [0.5, 0.6) is 0 Å². The Morgan fingerprint density at radius 3 is 2.38 bits per heavy atom. The molecule has 21 heavy (non-hydrogen) atoms. The van der Waals surface area contributed by atoms with E-state index < -0.39 is 11.7 Å². The van der Waals surface area contributed by atoms with E-state index >= 15 is 0 Å². The van der Waals surface area contributed by atoms with Gasteiger partial charge in [0.05, 0.1) is 11.7 Å². The fourth-order valence-electron chi connectivity index (χ4n) is 2.49. The van der Waals surface area contributed by atoms with E-state index in [1.807, 2.05) is 0 Å². The van der Waals surface area contributed by atoms with Crippen molar-refractivity contribution in [3.05, 3.63) is 29.3 Å². The second-order valence-corrected chi connectivity index (χ2v) is 5.71. The first-order chi connectivity index (χ1) is 9.77. The highest BCUT2D eigenvalue weighted by Gasteiger charge is 2.31. The Morgan fingerprint density at radius 1 is 1.24 bits per heavy atom. The number of thiocarbonyl (C=S) groups is 1. The Morgan fingerprint density at radius 2 is 1.86 bits per heavy atom. The molecule has 1 aliphatic carbocycles. The normalized spacial score (nSPS) is 22.9. The lowest BCUT2D eigenvalue weighted by atomic mass is 9.92. The maximum atomic E-state index is 12.7. The second kappa shape index (κ2) is 6.19. The lowest BCUT2D eigenvalue weighted by Gasteiger charge is -2.28. The maximum absolute atomic E-state index is 12.7. The summed E-state index contributed by atoms with van der Waals surface area (Å²) in [5.41, 5.74) is 5.48. The SMILES string of the molecule is NC(=S)c1cc(C(F)(F)F)ccc1NC1CCC(O)CC1. The molecule has 0 bridgehead atoms. The smallest absolute Gasteiger partial charge is 0.393 e. The van der Waals surface area contributed by atoms with Crippen LogP contribution in [0.3, 0.4) is 0 Å². The number of nitrogens with two attached hydrogens (primary N) is 1. The predicted octanol–water partition coefficient (Wildman–Crippen LogP) is 3.06. The molecular weight excluding hydrogens is 301 g/mol. The number of benzene rings is 1. The van der Waals surface area contributed by atoms with Crippen LogP contribution in [0, 0.1) is 0 Å². The summed E-state index contributed by atoms with van der Waals surface area (Å²) < 4.78 is 38.2. The van der Waals surface area contributed by atoms with Gasteiger partial charge in [-0.2, -0.15) is 13.2 Å². The summed E-state index contributed by atoms with van der Waals surface area (Å²) >= 11 is 4.85. The number of aliphatic hydroxyl groups excluding tert-OH is 1. The lowest BCUT2D eigenvalue weighted by Crippen LogP contribution is -2.29. The number of halogens is 3. The molecule has 1 saturated carbocycles. The van der Waals surface area contributed by atoms with Crippen molar-refractivity contribution >= 4 is 22.9 Å². The van der Waals surface area contributed by atoms with Crippen LogP contribution in [0.25, 0.3) is 0 Å². The van der Waals surface area contributed by atoms with Gasteiger partial charge in [-0.15, -0.1) is 0 Å². The number of anilines is 1. The van der Waals surface area contributed by atoms with E-state index in [1.165, 1.54) is 6.07 Å². The third-order valence-corrected chi connectivity index (χ3v) is 3.89. The highest BCUT2D eigenvalue weighted by atomic mass is 32.1. The molecule has 0 amide bonds. The van der Waals surface area contributed by atoms with Crippen molar-refractivity contribution in [3.8, 4) is 0 Å². The van der Waals surface area contributed by atoms with Crippen LogP contribution >= 0.6 is 12.2 Å². The summed E-state index contributed by atoms with van der Waals surface area (Å²) in [5, 5.41) is 12.7. The van der Waals surface area contributed by atoms with Crippen LogP contribution in [0.2, 0.25) is 0 Å². The number of rotatable bonds is 3. The van der Waals surface area contributed by atoms with Crippen LogP contribution in [-0.2, 0) is 6.18 Å². The number of nitrogens with one attached hydrogen (secondary N) is 1. The molecule has 0 atom stereocenters. The molecule has 4 N–H and O–H groups in total. The summed E-state index contributed by atoms with van der Waals surface area (Å²) in [6.45, 7) is 0. The highest BCUT2D eigenvalue weighted by Crippen LogP contribution is 2.32. The first kappa shape index (κ1) is 16.0. The van der Waals surface area contributed by atoms with E-state index in [2.05, 4.69) is 5.32 Å². The topological polar surface area (TPSA) is 58.3 Å². The van der Waals surface area contributed by atoms with Gasteiger partial charge in [0.15, 0.2) is 0 Å². The molecule has 7 heteroatoms. The quantitative estimate of drug-likeness (QED) is 0.750. The molecule has 1 aliphatic rings. The zero-order valence-corrected chi connectivity index (χ0v) is 12.1. The van der Waals surface area contributed by atoms with E-state index in [4.69, 9.17) is 18.0 Å². The summed E-state index contributed by atoms with van der Waals surface area (Å²) in [6.07, 6.45) is -1.82. The molecule has 0 heterocycles. The number of hydrogen-bond donors (Lipinski definition) is 3. The van der Waals surface area contributed by atoms with Crippen molar-refractivity contribution in [2.75, 3.05) is 5.32 Å². The fraction of sp³-hybridized carbons (Fsp3) is 0.500. The molecule has 1 aromatic rings. The van der Waals surface area contributed by atoms with Crippen molar-refractivity contribution < 1.29 is 18.3 Å². The fourth-order valence-corrected chi connectivity index (χ4v) is 2.66.